The van der Waals surface area contributed by atoms with Crippen LogP contribution in [0.5, 0.6) is 11.5 Å². The molecule has 0 spiro atoms. The molecule has 0 aliphatic carbocycles. The summed E-state index contributed by atoms with van der Waals surface area (Å²) in [6, 6.07) is 16.2. The molecule has 1 atom stereocenters. The number of nitrogens with one attached hydrogen (secondary N) is 1. The second-order valence-corrected chi connectivity index (χ2v) is 8.37. The molecular formula is C26H33N3O4. The number of para-hydroxylation sites is 1. The molecule has 0 saturated heterocycles. The highest BCUT2D eigenvalue weighted by atomic mass is 16.5. The zero-order valence-corrected chi connectivity index (χ0v) is 20.0. The van der Waals surface area contributed by atoms with Crippen LogP contribution in [0.25, 0.3) is 0 Å². The largest absolute Gasteiger partial charge is 0.493 e. The quantitative estimate of drug-likeness (QED) is 0.449. The van der Waals surface area contributed by atoms with Gasteiger partial charge in [0, 0.05) is 24.7 Å². The number of oxazole rings is 1. The molecule has 3 rings (SSSR count). The lowest BCUT2D eigenvalue weighted by Gasteiger charge is -2.29. The molecular weight excluding hydrogens is 418 g/mol. The Morgan fingerprint density at radius 3 is 2.45 bits per heavy atom. The van der Waals surface area contributed by atoms with Crippen molar-refractivity contribution in [1.29, 1.82) is 0 Å². The van der Waals surface area contributed by atoms with E-state index in [2.05, 4.69) is 34.3 Å². The van der Waals surface area contributed by atoms with Crippen LogP contribution in [-0.4, -0.2) is 36.6 Å². The highest BCUT2D eigenvalue weighted by molar-refractivity contribution is 5.91. The summed E-state index contributed by atoms with van der Waals surface area (Å²) in [5, 5.41) is 2.88. The van der Waals surface area contributed by atoms with Gasteiger partial charge in [-0.05, 0) is 24.5 Å². The molecule has 7 heteroatoms. The van der Waals surface area contributed by atoms with Gasteiger partial charge in [-0.2, -0.15) is 0 Å². The Morgan fingerprint density at radius 1 is 1.03 bits per heavy atom. The highest BCUT2D eigenvalue weighted by Crippen LogP contribution is 2.34. The maximum atomic E-state index is 12.4. The highest BCUT2D eigenvalue weighted by Gasteiger charge is 2.22. The van der Waals surface area contributed by atoms with Crippen LogP contribution in [0.15, 0.2) is 59.2 Å². The van der Waals surface area contributed by atoms with Crippen molar-refractivity contribution in [1.82, 2.24) is 15.2 Å². The summed E-state index contributed by atoms with van der Waals surface area (Å²) >= 11 is 0. The molecule has 0 aliphatic heterocycles. The van der Waals surface area contributed by atoms with E-state index in [0.717, 1.165) is 5.56 Å². The number of ether oxygens (including phenoxy) is 2. The van der Waals surface area contributed by atoms with Crippen molar-refractivity contribution in [3.05, 3.63) is 77.5 Å². The van der Waals surface area contributed by atoms with E-state index in [1.807, 2.05) is 50.2 Å². The van der Waals surface area contributed by atoms with E-state index in [-0.39, 0.29) is 17.6 Å². The topological polar surface area (TPSA) is 76.8 Å². The molecule has 3 aromatic rings. The van der Waals surface area contributed by atoms with Gasteiger partial charge in [-0.15, -0.1) is 0 Å². The summed E-state index contributed by atoms with van der Waals surface area (Å²) in [5.74, 6) is 2.00. The lowest BCUT2D eigenvalue weighted by atomic mass is 10.1. The first-order valence-electron chi connectivity index (χ1n) is 11.1. The van der Waals surface area contributed by atoms with Gasteiger partial charge < -0.3 is 19.2 Å². The number of amides is 1. The minimum atomic E-state index is -0.226. The van der Waals surface area contributed by atoms with E-state index < -0.39 is 0 Å². The third-order valence-electron chi connectivity index (χ3n) is 5.48. The van der Waals surface area contributed by atoms with Crippen molar-refractivity contribution in [3.8, 4) is 11.5 Å². The number of methoxy groups -OCH3 is 2. The van der Waals surface area contributed by atoms with Gasteiger partial charge in [-0.1, -0.05) is 56.3 Å². The van der Waals surface area contributed by atoms with Crippen molar-refractivity contribution >= 4 is 5.91 Å². The molecule has 0 bridgehead atoms. The molecule has 0 saturated carbocycles. The lowest BCUT2D eigenvalue weighted by Crippen LogP contribution is -2.28. The van der Waals surface area contributed by atoms with Crippen LogP contribution in [0.4, 0.5) is 0 Å². The SMILES string of the molecule is COc1cccc(CN(Cc2nc(C(=O)NCC(C)C)co2)[C@@H](C)c2ccccc2)c1OC. The van der Waals surface area contributed by atoms with Crippen LogP contribution in [0, 0.1) is 5.92 Å². The van der Waals surface area contributed by atoms with Crippen LogP contribution in [0.2, 0.25) is 0 Å². The van der Waals surface area contributed by atoms with Gasteiger partial charge in [0.1, 0.15) is 6.26 Å². The van der Waals surface area contributed by atoms with E-state index in [9.17, 15) is 4.79 Å². The number of carbonyl (C=O) groups excluding carboxylic acids is 1. The standard InChI is InChI=1S/C26H33N3O4/c1-18(2)14-27-26(30)22-17-33-24(28-22)16-29(19(3)20-10-7-6-8-11-20)15-21-12-9-13-23(31-4)25(21)32-5/h6-13,17-19H,14-16H2,1-5H3,(H,27,30)/t19-/m0/s1. The zero-order valence-electron chi connectivity index (χ0n) is 20.0. The van der Waals surface area contributed by atoms with Crippen LogP contribution in [-0.2, 0) is 13.1 Å². The molecule has 1 N–H and O–H groups in total. The molecule has 7 nitrogen and oxygen atoms in total. The van der Waals surface area contributed by atoms with E-state index in [1.165, 1.54) is 11.8 Å². The molecule has 1 heterocycles. The Balaban J connectivity index is 1.85. The Hall–Kier alpha value is -3.32. The van der Waals surface area contributed by atoms with Gasteiger partial charge in [0.25, 0.3) is 5.91 Å². The molecule has 0 aliphatic rings. The molecule has 33 heavy (non-hydrogen) atoms. The van der Waals surface area contributed by atoms with Gasteiger partial charge in [0.2, 0.25) is 5.89 Å². The normalized spacial score (nSPS) is 12.1. The fourth-order valence-corrected chi connectivity index (χ4v) is 3.62. The van der Waals surface area contributed by atoms with Gasteiger partial charge in [0.05, 0.1) is 20.8 Å². The summed E-state index contributed by atoms with van der Waals surface area (Å²) in [6.45, 7) is 7.82. The molecule has 1 aromatic heterocycles. The van der Waals surface area contributed by atoms with Gasteiger partial charge in [0.15, 0.2) is 17.2 Å². The van der Waals surface area contributed by atoms with Crippen molar-refractivity contribution < 1.29 is 18.7 Å². The van der Waals surface area contributed by atoms with Crippen LogP contribution < -0.4 is 14.8 Å². The maximum Gasteiger partial charge on any atom is 0.273 e. The number of carbonyl (C=O) groups is 1. The molecule has 176 valence electrons. The lowest BCUT2D eigenvalue weighted by molar-refractivity contribution is 0.0944. The summed E-state index contributed by atoms with van der Waals surface area (Å²) in [7, 11) is 3.27. The van der Waals surface area contributed by atoms with Gasteiger partial charge in [-0.3, -0.25) is 9.69 Å². The van der Waals surface area contributed by atoms with Crippen LogP contribution in [0.1, 0.15) is 54.3 Å². The van der Waals surface area contributed by atoms with E-state index in [1.54, 1.807) is 14.2 Å². The number of nitrogens with zero attached hydrogens (tertiary/aromatic N) is 2. The van der Waals surface area contributed by atoms with Crippen LogP contribution in [0.3, 0.4) is 0 Å². The van der Waals surface area contributed by atoms with Crippen molar-refractivity contribution in [2.45, 2.75) is 39.9 Å². The second kappa shape index (κ2) is 11.5. The summed E-state index contributed by atoms with van der Waals surface area (Å²) < 4.78 is 16.8. The maximum absolute atomic E-state index is 12.4. The second-order valence-electron chi connectivity index (χ2n) is 8.37. The Morgan fingerprint density at radius 2 is 1.79 bits per heavy atom. The molecule has 0 unspecified atom stereocenters. The van der Waals surface area contributed by atoms with Gasteiger partial charge in [-0.25, -0.2) is 4.98 Å². The molecule has 0 fully saturated rings. The average Bonchev–Trinajstić information content (AvgIpc) is 3.30. The number of aromatic nitrogens is 1. The number of hydrogen-bond acceptors (Lipinski definition) is 6. The third-order valence-corrected chi connectivity index (χ3v) is 5.48. The number of rotatable bonds is 11. The van der Waals surface area contributed by atoms with E-state index >= 15 is 0 Å². The van der Waals surface area contributed by atoms with E-state index in [4.69, 9.17) is 13.9 Å². The summed E-state index contributed by atoms with van der Waals surface area (Å²) in [4.78, 5) is 19.0. The predicted molar refractivity (Wildman–Crippen MR) is 127 cm³/mol. The first kappa shape index (κ1) is 24.3. The Kier molecular flexibility index (Phi) is 8.49. The van der Waals surface area contributed by atoms with Crippen molar-refractivity contribution in [3.63, 3.8) is 0 Å². The Bertz CT molecular complexity index is 1030. The molecule has 0 radical (unpaired) electrons. The minimum absolute atomic E-state index is 0.0622. The first-order chi connectivity index (χ1) is 15.9. The minimum Gasteiger partial charge on any atom is -0.493 e. The smallest absolute Gasteiger partial charge is 0.273 e. The number of benzene rings is 2. The third kappa shape index (κ3) is 6.35. The van der Waals surface area contributed by atoms with Gasteiger partial charge >= 0.3 is 0 Å². The first-order valence-corrected chi connectivity index (χ1v) is 11.1. The zero-order chi connectivity index (χ0) is 23.8. The molecule has 1 amide bonds. The Labute approximate surface area is 195 Å². The van der Waals surface area contributed by atoms with Crippen LogP contribution >= 0.6 is 0 Å². The molecule has 2 aromatic carbocycles. The fraction of sp³-hybridized carbons (Fsp3) is 0.385. The van der Waals surface area contributed by atoms with E-state index in [0.29, 0.717) is 42.9 Å². The average molecular weight is 452 g/mol. The monoisotopic (exact) mass is 451 g/mol. The van der Waals surface area contributed by atoms with Crippen molar-refractivity contribution in [2.24, 2.45) is 5.92 Å². The fourth-order valence-electron chi connectivity index (χ4n) is 3.62. The predicted octanol–water partition coefficient (Wildman–Crippen LogP) is 4.84. The summed E-state index contributed by atoms with van der Waals surface area (Å²) in [6.07, 6.45) is 1.42. The number of hydrogen-bond donors (Lipinski definition) is 1. The summed E-state index contributed by atoms with van der Waals surface area (Å²) in [5.41, 5.74) is 2.44. The van der Waals surface area contributed by atoms with Crippen molar-refractivity contribution in [2.75, 3.05) is 20.8 Å².